The second kappa shape index (κ2) is 5.80. The lowest BCUT2D eigenvalue weighted by Crippen LogP contribution is -2.61. The summed E-state index contributed by atoms with van der Waals surface area (Å²) in [7, 11) is -3.76. The first-order chi connectivity index (χ1) is 9.68. The van der Waals surface area contributed by atoms with Gasteiger partial charge in [-0.15, -0.1) is 4.41 Å². The van der Waals surface area contributed by atoms with E-state index in [-0.39, 0.29) is 11.6 Å². The molecule has 0 saturated carbocycles. The van der Waals surface area contributed by atoms with Gasteiger partial charge < -0.3 is 0 Å². The summed E-state index contributed by atoms with van der Waals surface area (Å²) in [4.78, 5) is 23.2. The van der Waals surface area contributed by atoms with Crippen LogP contribution < -0.4 is 5.32 Å². The number of sulfonamides is 1. The molecule has 1 aliphatic heterocycles. The average Bonchev–Trinajstić information content (AvgIpc) is 2.35. The standard InChI is InChI=1S/C11H11Cl2N3O4S/c1-21(19,20)16-6-10(17)14-11(18)15(16)5-7-2-3-8(12)9(13)4-7/h2-4H,5-6H2,1H3,(H,14,17,18). The number of hydrazine groups is 1. The zero-order chi connectivity index (χ0) is 15.8. The molecule has 0 atom stereocenters. The number of nitrogens with zero attached hydrogens (tertiary/aromatic N) is 2. The summed E-state index contributed by atoms with van der Waals surface area (Å²) < 4.78 is 24.1. The lowest BCUT2D eigenvalue weighted by atomic mass is 10.2. The summed E-state index contributed by atoms with van der Waals surface area (Å²) in [6, 6.07) is 3.85. The van der Waals surface area contributed by atoms with Crippen molar-refractivity contribution in [2.75, 3.05) is 12.8 Å². The maximum Gasteiger partial charge on any atom is 0.339 e. The molecule has 10 heteroatoms. The molecular formula is C11H11Cl2N3O4S. The van der Waals surface area contributed by atoms with E-state index in [4.69, 9.17) is 23.2 Å². The van der Waals surface area contributed by atoms with Crippen LogP contribution in [-0.2, 0) is 21.4 Å². The predicted molar refractivity (Wildman–Crippen MR) is 77.1 cm³/mol. The molecule has 1 aromatic carbocycles. The van der Waals surface area contributed by atoms with E-state index in [1.807, 2.05) is 0 Å². The number of rotatable bonds is 3. The van der Waals surface area contributed by atoms with E-state index >= 15 is 0 Å². The van der Waals surface area contributed by atoms with Crippen molar-refractivity contribution < 1.29 is 18.0 Å². The van der Waals surface area contributed by atoms with Crippen LogP contribution in [0.15, 0.2) is 18.2 Å². The molecule has 0 bridgehead atoms. The van der Waals surface area contributed by atoms with Crippen LogP contribution in [-0.4, -0.2) is 42.6 Å². The molecule has 0 unspecified atom stereocenters. The van der Waals surface area contributed by atoms with Gasteiger partial charge in [0.1, 0.15) is 6.54 Å². The lowest BCUT2D eigenvalue weighted by molar-refractivity contribution is -0.125. The smallest absolute Gasteiger partial charge is 0.276 e. The Balaban J connectivity index is 2.32. The van der Waals surface area contributed by atoms with Crippen LogP contribution in [0.5, 0.6) is 0 Å². The Labute approximate surface area is 131 Å². The molecule has 21 heavy (non-hydrogen) atoms. The topological polar surface area (TPSA) is 86.8 Å². The van der Waals surface area contributed by atoms with Crippen molar-refractivity contribution in [3.05, 3.63) is 33.8 Å². The molecule has 0 spiro atoms. The molecule has 1 aliphatic rings. The molecule has 1 aromatic rings. The van der Waals surface area contributed by atoms with E-state index in [0.29, 0.717) is 10.6 Å². The van der Waals surface area contributed by atoms with Gasteiger partial charge in [-0.3, -0.25) is 10.1 Å². The fourth-order valence-corrected chi connectivity index (χ4v) is 2.95. The van der Waals surface area contributed by atoms with Crippen LogP contribution in [0.1, 0.15) is 5.56 Å². The number of benzene rings is 1. The highest BCUT2D eigenvalue weighted by Crippen LogP contribution is 2.24. The highest BCUT2D eigenvalue weighted by molar-refractivity contribution is 7.88. The van der Waals surface area contributed by atoms with E-state index in [2.05, 4.69) is 5.32 Å². The minimum atomic E-state index is -3.76. The summed E-state index contributed by atoms with van der Waals surface area (Å²) in [5, 5.41) is 3.62. The fourth-order valence-electron chi connectivity index (χ4n) is 1.79. The molecule has 2 rings (SSSR count). The summed E-state index contributed by atoms with van der Waals surface area (Å²) in [5.41, 5.74) is 0.572. The normalized spacial score (nSPS) is 17.0. The number of carbonyl (C=O) groups is 2. The van der Waals surface area contributed by atoms with Crippen molar-refractivity contribution in [2.24, 2.45) is 0 Å². The second-order valence-electron chi connectivity index (χ2n) is 4.40. The van der Waals surface area contributed by atoms with E-state index in [1.165, 1.54) is 12.1 Å². The summed E-state index contributed by atoms with van der Waals surface area (Å²) >= 11 is 11.7. The van der Waals surface area contributed by atoms with Crippen molar-refractivity contribution >= 4 is 45.2 Å². The zero-order valence-corrected chi connectivity index (χ0v) is 13.2. The van der Waals surface area contributed by atoms with Crippen molar-refractivity contribution in [3.63, 3.8) is 0 Å². The molecule has 0 aliphatic carbocycles. The Hall–Kier alpha value is -1.35. The maximum absolute atomic E-state index is 11.8. The molecular weight excluding hydrogens is 341 g/mol. The molecule has 0 aromatic heterocycles. The van der Waals surface area contributed by atoms with Gasteiger partial charge in [-0.25, -0.2) is 18.2 Å². The third-order valence-electron chi connectivity index (χ3n) is 2.73. The van der Waals surface area contributed by atoms with Crippen LogP contribution >= 0.6 is 23.2 Å². The molecule has 7 nitrogen and oxygen atoms in total. The molecule has 1 fully saturated rings. The average molecular weight is 352 g/mol. The zero-order valence-electron chi connectivity index (χ0n) is 10.8. The first-order valence-corrected chi connectivity index (χ1v) is 8.32. The highest BCUT2D eigenvalue weighted by atomic mass is 35.5. The van der Waals surface area contributed by atoms with Gasteiger partial charge in [-0.2, -0.15) is 0 Å². The van der Waals surface area contributed by atoms with Gasteiger partial charge >= 0.3 is 6.03 Å². The third-order valence-corrected chi connectivity index (χ3v) is 4.56. The molecule has 1 N–H and O–H groups in total. The van der Waals surface area contributed by atoms with Crippen LogP contribution in [0.2, 0.25) is 10.0 Å². The van der Waals surface area contributed by atoms with Crippen LogP contribution in [0.4, 0.5) is 4.79 Å². The number of imide groups is 1. The molecule has 3 amide bonds. The van der Waals surface area contributed by atoms with Crippen molar-refractivity contribution in [2.45, 2.75) is 6.54 Å². The van der Waals surface area contributed by atoms with Gasteiger partial charge in [-0.1, -0.05) is 29.3 Å². The predicted octanol–water partition coefficient (Wildman–Crippen LogP) is 1.22. The van der Waals surface area contributed by atoms with Gasteiger partial charge in [0.2, 0.25) is 15.9 Å². The Kier molecular flexibility index (Phi) is 4.43. The van der Waals surface area contributed by atoms with E-state index in [0.717, 1.165) is 15.7 Å². The number of urea groups is 1. The van der Waals surface area contributed by atoms with Gasteiger partial charge in [-0.05, 0) is 17.7 Å². The lowest BCUT2D eigenvalue weighted by Gasteiger charge is -2.35. The van der Waals surface area contributed by atoms with E-state index < -0.39 is 28.5 Å². The summed E-state index contributed by atoms with van der Waals surface area (Å²) in [5.74, 6) is -0.684. The minimum Gasteiger partial charge on any atom is -0.276 e. The Morgan fingerprint density at radius 1 is 1.24 bits per heavy atom. The first-order valence-electron chi connectivity index (χ1n) is 5.71. The SMILES string of the molecule is CS(=O)(=O)N1CC(=O)NC(=O)N1Cc1ccc(Cl)c(Cl)c1. The van der Waals surface area contributed by atoms with Crippen molar-refractivity contribution in [3.8, 4) is 0 Å². The van der Waals surface area contributed by atoms with Crippen LogP contribution in [0, 0.1) is 0 Å². The van der Waals surface area contributed by atoms with Crippen LogP contribution in [0.25, 0.3) is 0 Å². The molecule has 1 heterocycles. The van der Waals surface area contributed by atoms with E-state index in [1.54, 1.807) is 6.07 Å². The number of carbonyl (C=O) groups excluding carboxylic acids is 2. The largest absolute Gasteiger partial charge is 0.339 e. The van der Waals surface area contributed by atoms with Gasteiger partial charge in [0, 0.05) is 0 Å². The number of nitrogens with one attached hydrogen (secondary N) is 1. The van der Waals surface area contributed by atoms with Crippen LogP contribution in [0.3, 0.4) is 0 Å². The number of hydrogen-bond donors (Lipinski definition) is 1. The molecule has 114 valence electrons. The molecule has 0 radical (unpaired) electrons. The number of halogens is 2. The highest BCUT2D eigenvalue weighted by Gasteiger charge is 2.36. The van der Waals surface area contributed by atoms with E-state index in [9.17, 15) is 18.0 Å². The Morgan fingerprint density at radius 3 is 2.48 bits per heavy atom. The van der Waals surface area contributed by atoms with Gasteiger partial charge in [0.15, 0.2) is 0 Å². The van der Waals surface area contributed by atoms with Gasteiger partial charge in [0.05, 0.1) is 22.8 Å². The summed E-state index contributed by atoms with van der Waals surface area (Å²) in [6.07, 6.45) is 0.917. The second-order valence-corrected chi connectivity index (χ2v) is 7.10. The van der Waals surface area contributed by atoms with Gasteiger partial charge in [0.25, 0.3) is 0 Å². The Morgan fingerprint density at radius 2 is 1.90 bits per heavy atom. The van der Waals surface area contributed by atoms with Crippen molar-refractivity contribution in [1.82, 2.24) is 14.7 Å². The summed E-state index contributed by atoms with van der Waals surface area (Å²) in [6.45, 7) is -0.519. The fraction of sp³-hybridized carbons (Fsp3) is 0.273. The minimum absolute atomic E-state index is 0.0664. The van der Waals surface area contributed by atoms with Crippen molar-refractivity contribution in [1.29, 1.82) is 0 Å². The monoisotopic (exact) mass is 351 g/mol. The third kappa shape index (κ3) is 3.65. The number of amides is 3. The first kappa shape index (κ1) is 16.0. The Bertz CT molecular complexity index is 707. The quantitative estimate of drug-likeness (QED) is 0.886. The molecule has 1 saturated heterocycles. The number of hydrogen-bond acceptors (Lipinski definition) is 4. The maximum atomic E-state index is 11.8.